The van der Waals surface area contributed by atoms with Gasteiger partial charge in [0.15, 0.2) is 0 Å². The van der Waals surface area contributed by atoms with E-state index in [1.807, 2.05) is 35.0 Å². The quantitative estimate of drug-likeness (QED) is 0.897. The summed E-state index contributed by atoms with van der Waals surface area (Å²) in [5, 5.41) is 8.90. The first-order valence-corrected chi connectivity index (χ1v) is 8.11. The van der Waals surface area contributed by atoms with Crippen LogP contribution in [-0.2, 0) is 16.0 Å². The molecule has 1 amide bonds. The van der Waals surface area contributed by atoms with Crippen LogP contribution in [0.2, 0.25) is 0 Å². The Kier molecular flexibility index (Phi) is 4.35. The van der Waals surface area contributed by atoms with Crippen molar-refractivity contribution in [1.29, 1.82) is 0 Å². The van der Waals surface area contributed by atoms with Gasteiger partial charge in [-0.2, -0.15) is 0 Å². The van der Waals surface area contributed by atoms with Crippen molar-refractivity contribution < 1.29 is 14.7 Å². The lowest BCUT2D eigenvalue weighted by Crippen LogP contribution is -2.45. The number of hydrogen-bond acceptors (Lipinski definition) is 4. The average molecular weight is 317 g/mol. The van der Waals surface area contributed by atoms with E-state index in [1.165, 1.54) is 0 Å². The van der Waals surface area contributed by atoms with Gasteiger partial charge in [-0.3, -0.25) is 19.5 Å². The lowest BCUT2D eigenvalue weighted by molar-refractivity contribution is -0.140. The molecule has 124 valence electrons. The first kappa shape index (κ1) is 15.9. The van der Waals surface area contributed by atoms with E-state index in [0.717, 1.165) is 31.4 Å². The van der Waals surface area contributed by atoms with Gasteiger partial charge in [0.1, 0.15) is 0 Å². The number of carbonyl (C=O) groups excluding carboxylic acids is 1. The van der Waals surface area contributed by atoms with E-state index in [2.05, 4.69) is 4.98 Å². The van der Waals surface area contributed by atoms with Gasteiger partial charge in [-0.05, 0) is 44.5 Å². The number of likely N-dealkylation sites (N-methyl/N-ethyl adjacent to an activating group) is 1. The van der Waals surface area contributed by atoms with Crippen molar-refractivity contribution in [3.63, 3.8) is 0 Å². The highest BCUT2D eigenvalue weighted by Gasteiger charge is 2.51. The lowest BCUT2D eigenvalue weighted by atomic mass is 9.75. The molecule has 1 aromatic rings. The molecule has 0 saturated carbocycles. The monoisotopic (exact) mass is 317 g/mol. The maximum absolute atomic E-state index is 12.8. The van der Waals surface area contributed by atoms with E-state index in [-0.39, 0.29) is 23.9 Å². The van der Waals surface area contributed by atoms with E-state index < -0.39 is 5.97 Å². The highest BCUT2D eigenvalue weighted by atomic mass is 16.4. The molecule has 2 saturated heterocycles. The van der Waals surface area contributed by atoms with Crippen molar-refractivity contribution >= 4 is 11.9 Å². The van der Waals surface area contributed by atoms with Gasteiger partial charge in [0.2, 0.25) is 5.91 Å². The smallest absolute Gasteiger partial charge is 0.317 e. The highest BCUT2D eigenvalue weighted by Crippen LogP contribution is 2.44. The van der Waals surface area contributed by atoms with Gasteiger partial charge in [-0.25, -0.2) is 0 Å². The van der Waals surface area contributed by atoms with Gasteiger partial charge in [-0.15, -0.1) is 0 Å². The third kappa shape index (κ3) is 3.22. The fourth-order valence-electron chi connectivity index (χ4n) is 3.93. The molecule has 0 bridgehead atoms. The predicted molar refractivity (Wildman–Crippen MR) is 84.9 cm³/mol. The maximum Gasteiger partial charge on any atom is 0.317 e. The molecule has 1 atom stereocenters. The maximum atomic E-state index is 12.8. The normalized spacial score (nSPS) is 24.3. The Labute approximate surface area is 136 Å². The molecule has 3 rings (SSSR count). The number of amides is 1. The van der Waals surface area contributed by atoms with Gasteiger partial charge in [0.25, 0.3) is 0 Å². The van der Waals surface area contributed by atoms with E-state index in [9.17, 15) is 9.59 Å². The van der Waals surface area contributed by atoms with Gasteiger partial charge >= 0.3 is 5.97 Å². The SMILES string of the molecule is CN1C(=O)C2(CCN(CC(=O)O)CC2)C[C@@H]1Cc1ccccn1. The van der Waals surface area contributed by atoms with Crippen LogP contribution in [0.3, 0.4) is 0 Å². The summed E-state index contributed by atoms with van der Waals surface area (Å²) >= 11 is 0. The number of hydrogen-bond donors (Lipinski definition) is 1. The Balaban J connectivity index is 1.66. The third-order valence-electron chi connectivity index (χ3n) is 5.29. The van der Waals surface area contributed by atoms with Gasteiger partial charge in [0.05, 0.1) is 12.0 Å². The number of aromatic nitrogens is 1. The van der Waals surface area contributed by atoms with Gasteiger partial charge in [0, 0.05) is 31.4 Å². The molecular weight excluding hydrogens is 294 g/mol. The molecule has 1 spiro atoms. The summed E-state index contributed by atoms with van der Waals surface area (Å²) in [7, 11) is 1.88. The van der Waals surface area contributed by atoms with Gasteiger partial charge in [-0.1, -0.05) is 6.07 Å². The number of carboxylic acids is 1. The van der Waals surface area contributed by atoms with Gasteiger partial charge < -0.3 is 10.0 Å². The molecule has 1 N–H and O–H groups in total. The molecule has 0 unspecified atom stereocenters. The van der Waals surface area contributed by atoms with Crippen LogP contribution in [0.4, 0.5) is 0 Å². The van der Waals surface area contributed by atoms with Crippen LogP contribution in [0.5, 0.6) is 0 Å². The van der Waals surface area contributed by atoms with Crippen molar-refractivity contribution in [2.45, 2.75) is 31.7 Å². The van der Waals surface area contributed by atoms with Crippen LogP contribution in [0.25, 0.3) is 0 Å². The molecule has 23 heavy (non-hydrogen) atoms. The Bertz CT molecular complexity index is 582. The molecule has 2 fully saturated rings. The summed E-state index contributed by atoms with van der Waals surface area (Å²) in [6, 6.07) is 6.05. The number of aliphatic carboxylic acids is 1. The summed E-state index contributed by atoms with van der Waals surface area (Å²) in [4.78, 5) is 31.8. The molecule has 0 radical (unpaired) electrons. The largest absolute Gasteiger partial charge is 0.480 e. The van der Waals surface area contributed by atoms with Crippen LogP contribution in [0.1, 0.15) is 25.0 Å². The van der Waals surface area contributed by atoms with Crippen molar-refractivity contribution in [2.24, 2.45) is 5.41 Å². The van der Waals surface area contributed by atoms with E-state index in [4.69, 9.17) is 5.11 Å². The molecule has 0 aromatic carbocycles. The zero-order chi connectivity index (χ0) is 16.4. The fourth-order valence-corrected chi connectivity index (χ4v) is 3.93. The lowest BCUT2D eigenvalue weighted by Gasteiger charge is -2.37. The summed E-state index contributed by atoms with van der Waals surface area (Å²) in [5.74, 6) is -0.586. The number of likely N-dealkylation sites (tertiary alicyclic amines) is 2. The highest BCUT2D eigenvalue weighted by molar-refractivity contribution is 5.85. The van der Waals surface area contributed by atoms with Crippen molar-refractivity contribution in [3.8, 4) is 0 Å². The molecule has 0 aliphatic carbocycles. The van der Waals surface area contributed by atoms with Crippen LogP contribution in [-0.4, -0.2) is 64.5 Å². The van der Waals surface area contributed by atoms with Crippen molar-refractivity contribution in [1.82, 2.24) is 14.8 Å². The number of carbonyl (C=O) groups is 2. The minimum absolute atomic E-state index is 0.0669. The second kappa shape index (κ2) is 6.28. The number of rotatable bonds is 4. The molecule has 6 heteroatoms. The van der Waals surface area contributed by atoms with Crippen LogP contribution >= 0.6 is 0 Å². The summed E-state index contributed by atoms with van der Waals surface area (Å²) < 4.78 is 0. The second-order valence-electron chi connectivity index (χ2n) is 6.75. The standard InChI is InChI=1S/C17H23N3O3/c1-19-14(10-13-4-2-3-7-18-13)11-17(16(19)23)5-8-20(9-6-17)12-15(21)22/h2-4,7,14H,5-6,8-12H2,1H3,(H,21,22)/t14-/m0/s1. The number of nitrogens with zero attached hydrogens (tertiary/aromatic N) is 3. The minimum Gasteiger partial charge on any atom is -0.480 e. The molecular formula is C17H23N3O3. The molecule has 3 heterocycles. The molecule has 6 nitrogen and oxygen atoms in total. The molecule has 1 aromatic heterocycles. The van der Waals surface area contributed by atoms with Crippen molar-refractivity contribution in [3.05, 3.63) is 30.1 Å². The number of carboxylic acid groups (broad SMARTS) is 1. The Morgan fingerprint density at radius 1 is 1.39 bits per heavy atom. The third-order valence-corrected chi connectivity index (χ3v) is 5.29. The van der Waals surface area contributed by atoms with Crippen molar-refractivity contribution in [2.75, 3.05) is 26.7 Å². The molecule has 2 aliphatic heterocycles. The topological polar surface area (TPSA) is 73.7 Å². The summed E-state index contributed by atoms with van der Waals surface area (Å²) in [6.07, 6.45) is 4.92. The first-order valence-electron chi connectivity index (χ1n) is 8.11. The Morgan fingerprint density at radius 3 is 2.74 bits per heavy atom. The van der Waals surface area contributed by atoms with Crippen LogP contribution in [0, 0.1) is 5.41 Å². The van der Waals surface area contributed by atoms with E-state index in [1.54, 1.807) is 6.20 Å². The number of piperidine rings is 1. The zero-order valence-electron chi connectivity index (χ0n) is 13.4. The van der Waals surface area contributed by atoms with Crippen LogP contribution in [0.15, 0.2) is 24.4 Å². The van der Waals surface area contributed by atoms with Crippen LogP contribution < -0.4 is 0 Å². The Morgan fingerprint density at radius 2 is 2.13 bits per heavy atom. The zero-order valence-corrected chi connectivity index (χ0v) is 13.4. The second-order valence-corrected chi connectivity index (χ2v) is 6.75. The Hall–Kier alpha value is -1.95. The fraction of sp³-hybridized carbons (Fsp3) is 0.588. The number of pyridine rings is 1. The first-order chi connectivity index (χ1) is 11.0. The summed E-state index contributed by atoms with van der Waals surface area (Å²) in [5.41, 5.74) is 0.709. The summed E-state index contributed by atoms with van der Waals surface area (Å²) in [6.45, 7) is 1.43. The van der Waals surface area contributed by atoms with E-state index >= 15 is 0 Å². The predicted octanol–water partition coefficient (Wildman–Crippen LogP) is 1.02. The molecule has 2 aliphatic rings. The van der Waals surface area contributed by atoms with E-state index in [0.29, 0.717) is 13.1 Å². The minimum atomic E-state index is -0.802. The average Bonchev–Trinajstić information content (AvgIpc) is 2.76.